The van der Waals surface area contributed by atoms with Crippen molar-refractivity contribution in [2.24, 2.45) is 5.73 Å². The van der Waals surface area contributed by atoms with Crippen LogP contribution in [0.5, 0.6) is 0 Å². The highest BCUT2D eigenvalue weighted by Gasteiger charge is 2.46. The summed E-state index contributed by atoms with van der Waals surface area (Å²) in [5, 5.41) is 0. The lowest BCUT2D eigenvalue weighted by atomic mass is 10.4. The lowest BCUT2D eigenvalue weighted by molar-refractivity contribution is -0.118. The number of alkyl halides is 3. The third-order valence-electron chi connectivity index (χ3n) is 2.18. The van der Waals surface area contributed by atoms with Crippen molar-refractivity contribution < 1.29 is 34.8 Å². The van der Waals surface area contributed by atoms with E-state index in [-0.39, 0.29) is 0 Å². The number of hydrogen-bond donors (Lipinski definition) is 2. The molecule has 1 amide bonds. The molecule has 0 heterocycles. The van der Waals surface area contributed by atoms with E-state index in [1.807, 2.05) is 0 Å². The Kier molecular flexibility index (Phi) is 4.65. The number of benzene rings is 1. The second kappa shape index (κ2) is 5.61. The van der Waals surface area contributed by atoms with Gasteiger partial charge in [0.1, 0.15) is 0 Å². The Labute approximate surface area is 117 Å². The summed E-state index contributed by atoms with van der Waals surface area (Å²) >= 11 is 0. The zero-order valence-electron chi connectivity index (χ0n) is 10.1. The largest absolute Gasteiger partial charge is 0.501 e. The van der Waals surface area contributed by atoms with E-state index in [4.69, 9.17) is 5.73 Å². The molecule has 0 aliphatic heterocycles. The second-order valence-corrected chi connectivity index (χ2v) is 7.28. The van der Waals surface area contributed by atoms with Crippen molar-refractivity contribution >= 4 is 25.8 Å². The van der Waals surface area contributed by atoms with Crippen molar-refractivity contribution in [2.45, 2.75) is 15.3 Å². The van der Waals surface area contributed by atoms with Crippen LogP contribution < -0.4 is 10.5 Å². The summed E-state index contributed by atoms with van der Waals surface area (Å²) in [5.74, 6) is -1.03. The van der Waals surface area contributed by atoms with Gasteiger partial charge in [0.2, 0.25) is 5.91 Å². The lowest BCUT2D eigenvalue weighted by Crippen LogP contribution is -2.35. The van der Waals surface area contributed by atoms with Crippen molar-refractivity contribution in [2.75, 3.05) is 6.54 Å². The fourth-order valence-electron chi connectivity index (χ4n) is 1.18. The summed E-state index contributed by atoms with van der Waals surface area (Å²) in [4.78, 5) is 9.21. The Bertz CT molecular complexity index is 739. The van der Waals surface area contributed by atoms with E-state index in [9.17, 15) is 34.8 Å². The smallest absolute Gasteiger partial charge is 0.322 e. The van der Waals surface area contributed by atoms with Crippen LogP contribution in [0.2, 0.25) is 0 Å². The predicted molar refractivity (Wildman–Crippen MR) is 64.1 cm³/mol. The standard InChI is InChI=1S/C9H9F3N2O5S2/c10-9(11,12)20(16,17)6-1-3-7(4-2-6)21(18,19)14-8(15)5-13/h1-4H,5,13H2,(H,14,15). The van der Waals surface area contributed by atoms with Gasteiger partial charge in [-0.2, -0.15) is 13.2 Å². The van der Waals surface area contributed by atoms with Crippen LogP contribution in [-0.4, -0.2) is 34.8 Å². The van der Waals surface area contributed by atoms with E-state index in [0.717, 1.165) is 0 Å². The van der Waals surface area contributed by atoms with E-state index >= 15 is 0 Å². The monoisotopic (exact) mass is 346 g/mol. The van der Waals surface area contributed by atoms with Gasteiger partial charge in [0.05, 0.1) is 16.3 Å². The zero-order valence-corrected chi connectivity index (χ0v) is 11.7. The highest BCUT2D eigenvalue weighted by molar-refractivity contribution is 7.92. The van der Waals surface area contributed by atoms with Gasteiger partial charge in [-0.05, 0) is 24.3 Å². The molecular weight excluding hydrogens is 337 g/mol. The Morgan fingerprint density at radius 1 is 1.05 bits per heavy atom. The molecule has 12 heteroatoms. The van der Waals surface area contributed by atoms with Crippen LogP contribution in [0.4, 0.5) is 13.2 Å². The molecule has 0 atom stereocenters. The van der Waals surface area contributed by atoms with Crippen LogP contribution in [-0.2, 0) is 24.7 Å². The van der Waals surface area contributed by atoms with Crippen molar-refractivity contribution in [3.63, 3.8) is 0 Å². The molecule has 7 nitrogen and oxygen atoms in total. The second-order valence-electron chi connectivity index (χ2n) is 3.65. The molecule has 0 saturated heterocycles. The first-order valence-corrected chi connectivity index (χ1v) is 8.05. The molecule has 0 aliphatic carbocycles. The van der Waals surface area contributed by atoms with Gasteiger partial charge in [0.15, 0.2) is 0 Å². The number of rotatable bonds is 4. The molecule has 118 valence electrons. The van der Waals surface area contributed by atoms with E-state index in [2.05, 4.69) is 0 Å². The minimum Gasteiger partial charge on any atom is -0.322 e. The number of nitrogens with one attached hydrogen (secondary N) is 1. The topological polar surface area (TPSA) is 123 Å². The van der Waals surface area contributed by atoms with Crippen molar-refractivity contribution in [1.29, 1.82) is 0 Å². The van der Waals surface area contributed by atoms with Crippen LogP contribution in [0.1, 0.15) is 0 Å². The summed E-state index contributed by atoms with van der Waals surface area (Å²) in [6.45, 7) is -0.611. The Morgan fingerprint density at radius 3 is 1.86 bits per heavy atom. The lowest BCUT2D eigenvalue weighted by Gasteiger charge is -2.09. The maximum absolute atomic E-state index is 12.3. The molecule has 3 N–H and O–H groups in total. The van der Waals surface area contributed by atoms with Gasteiger partial charge in [-0.3, -0.25) is 4.79 Å². The molecule has 0 aromatic heterocycles. The summed E-state index contributed by atoms with van der Waals surface area (Å²) in [7, 11) is -9.89. The van der Waals surface area contributed by atoms with E-state index in [1.165, 1.54) is 0 Å². The minimum absolute atomic E-state index is 0.476. The minimum atomic E-state index is -5.57. The van der Waals surface area contributed by atoms with Gasteiger partial charge in [0, 0.05) is 0 Å². The molecule has 1 aromatic rings. The van der Waals surface area contributed by atoms with E-state index in [0.29, 0.717) is 24.3 Å². The van der Waals surface area contributed by atoms with Gasteiger partial charge >= 0.3 is 5.51 Å². The molecule has 0 aliphatic rings. The number of carbonyl (C=O) groups is 1. The Morgan fingerprint density at radius 2 is 1.48 bits per heavy atom. The normalized spacial score (nSPS) is 13.0. The molecule has 0 unspecified atom stereocenters. The van der Waals surface area contributed by atoms with Crippen LogP contribution >= 0.6 is 0 Å². The summed E-state index contributed by atoms with van der Waals surface area (Å²) in [5.41, 5.74) is -0.593. The van der Waals surface area contributed by atoms with Gasteiger partial charge in [-0.1, -0.05) is 0 Å². The molecule has 0 fully saturated rings. The number of amides is 1. The first kappa shape index (κ1) is 17.4. The molecule has 0 saturated carbocycles. The fraction of sp³-hybridized carbons (Fsp3) is 0.222. The predicted octanol–water partition coefficient (Wildman–Crippen LogP) is -0.256. The number of hydrogen-bond acceptors (Lipinski definition) is 6. The highest BCUT2D eigenvalue weighted by atomic mass is 32.2. The number of sulfone groups is 1. The van der Waals surface area contributed by atoms with Crippen LogP contribution in [0.3, 0.4) is 0 Å². The maximum atomic E-state index is 12.3. The average Bonchev–Trinajstić information content (AvgIpc) is 2.37. The SMILES string of the molecule is NCC(=O)NS(=O)(=O)c1ccc(S(=O)(=O)C(F)(F)F)cc1. The Balaban J connectivity index is 3.18. The number of carbonyl (C=O) groups excluding carboxylic acids is 1. The van der Waals surface area contributed by atoms with Crippen LogP contribution in [0.15, 0.2) is 34.1 Å². The van der Waals surface area contributed by atoms with Crippen molar-refractivity contribution in [3.8, 4) is 0 Å². The van der Waals surface area contributed by atoms with Gasteiger partial charge in [0.25, 0.3) is 19.9 Å². The molecular formula is C9H9F3N2O5S2. The Hall–Kier alpha value is -1.66. The van der Waals surface area contributed by atoms with Crippen molar-refractivity contribution in [1.82, 2.24) is 4.72 Å². The number of nitrogens with two attached hydrogens (primary N) is 1. The van der Waals surface area contributed by atoms with Crippen LogP contribution in [0.25, 0.3) is 0 Å². The first-order chi connectivity index (χ1) is 9.41. The van der Waals surface area contributed by atoms with Crippen LogP contribution in [0, 0.1) is 0 Å². The zero-order chi connectivity index (χ0) is 16.5. The quantitative estimate of drug-likeness (QED) is 0.774. The first-order valence-electron chi connectivity index (χ1n) is 5.09. The molecule has 0 bridgehead atoms. The molecule has 1 rings (SSSR count). The number of sulfonamides is 1. The van der Waals surface area contributed by atoms with Crippen molar-refractivity contribution in [3.05, 3.63) is 24.3 Å². The maximum Gasteiger partial charge on any atom is 0.501 e. The number of halogens is 3. The van der Waals surface area contributed by atoms with E-state index < -0.39 is 47.6 Å². The molecule has 0 spiro atoms. The third-order valence-corrected chi connectivity index (χ3v) is 5.07. The fourth-order valence-corrected chi connectivity index (χ4v) is 2.94. The molecule has 21 heavy (non-hydrogen) atoms. The van der Waals surface area contributed by atoms with Gasteiger partial charge < -0.3 is 5.73 Å². The highest BCUT2D eigenvalue weighted by Crippen LogP contribution is 2.30. The summed E-state index contributed by atoms with van der Waals surface area (Å²) < 4.78 is 83.8. The summed E-state index contributed by atoms with van der Waals surface area (Å²) in [6, 6.07) is 2.21. The van der Waals surface area contributed by atoms with Gasteiger partial charge in [-0.25, -0.2) is 21.6 Å². The van der Waals surface area contributed by atoms with E-state index in [1.54, 1.807) is 4.72 Å². The average molecular weight is 346 g/mol. The van der Waals surface area contributed by atoms with Gasteiger partial charge in [-0.15, -0.1) is 0 Å². The molecule has 1 aromatic carbocycles. The summed E-state index contributed by atoms with van der Waals surface area (Å²) in [6.07, 6.45) is 0. The molecule has 0 radical (unpaired) electrons. The third kappa shape index (κ3) is 3.71.